The van der Waals surface area contributed by atoms with Crippen molar-refractivity contribution in [3.05, 3.63) is 65.7 Å². The molecule has 0 radical (unpaired) electrons. The number of benzene rings is 2. The van der Waals surface area contributed by atoms with E-state index in [1.165, 1.54) is 0 Å². The third-order valence-electron chi connectivity index (χ3n) is 8.13. The highest BCUT2D eigenvalue weighted by Crippen LogP contribution is 2.41. The van der Waals surface area contributed by atoms with E-state index in [1.807, 2.05) is 89.2 Å². The molecular weight excluding hydrogens is 453 g/mol. The summed E-state index contributed by atoms with van der Waals surface area (Å²) in [5.74, 6) is 0. The van der Waals surface area contributed by atoms with Gasteiger partial charge in [-0.15, -0.1) is 0 Å². The zero-order chi connectivity index (χ0) is 26.4. The van der Waals surface area contributed by atoms with E-state index in [1.54, 1.807) is 18.7 Å². The second-order valence-corrected chi connectivity index (χ2v) is 11.9. The lowest BCUT2D eigenvalue weighted by molar-refractivity contribution is -0.0767. The van der Waals surface area contributed by atoms with Gasteiger partial charge in [0.05, 0.1) is 22.8 Å². The van der Waals surface area contributed by atoms with Gasteiger partial charge in [-0.05, 0) is 77.9 Å². The summed E-state index contributed by atoms with van der Waals surface area (Å²) in [5, 5.41) is 10.4. The van der Waals surface area contributed by atoms with Gasteiger partial charge in [-0.1, -0.05) is 54.6 Å². The minimum Gasteiger partial charge on any atom is -0.438 e. The van der Waals surface area contributed by atoms with Crippen molar-refractivity contribution in [2.75, 3.05) is 6.54 Å². The van der Waals surface area contributed by atoms with Crippen molar-refractivity contribution < 1.29 is 23.9 Å². The van der Waals surface area contributed by atoms with Crippen molar-refractivity contribution >= 4 is 18.7 Å². The molecule has 1 N–H and O–H groups in total. The minimum absolute atomic E-state index is 0.145. The first-order valence-electron chi connectivity index (χ1n) is 13.0. The third-order valence-corrected chi connectivity index (χ3v) is 8.13. The molecule has 4 rings (SSSR count). The topological polar surface area (TPSA) is 68.2 Å². The van der Waals surface area contributed by atoms with Gasteiger partial charge in [-0.3, -0.25) is 0 Å². The van der Waals surface area contributed by atoms with Gasteiger partial charge in [0.15, 0.2) is 0 Å². The quantitative estimate of drug-likeness (QED) is 0.528. The number of carbonyl (C=O) groups excluding carboxylic acids is 1. The average Bonchev–Trinajstić information content (AvgIpc) is 3.04. The lowest BCUT2D eigenvalue weighted by Crippen LogP contribution is -2.49. The molecule has 0 saturated carbocycles. The van der Waals surface area contributed by atoms with Crippen LogP contribution in [0.25, 0.3) is 0 Å². The third kappa shape index (κ3) is 5.34. The molecule has 2 aromatic rings. The molecule has 1 amide bonds. The Morgan fingerprint density at radius 2 is 1.58 bits per heavy atom. The van der Waals surface area contributed by atoms with Crippen molar-refractivity contribution in [2.24, 2.45) is 0 Å². The number of hydrogen-bond donors (Lipinski definition) is 1. The molecule has 2 aromatic carbocycles. The summed E-state index contributed by atoms with van der Waals surface area (Å²) in [7, 11) is -0.415. The highest BCUT2D eigenvalue weighted by molar-refractivity contribution is 6.62. The van der Waals surface area contributed by atoms with Crippen molar-refractivity contribution in [1.82, 2.24) is 4.90 Å². The highest BCUT2D eigenvalue weighted by atomic mass is 16.7. The highest BCUT2D eigenvalue weighted by Gasteiger charge is 2.51. The van der Waals surface area contributed by atoms with E-state index in [0.29, 0.717) is 25.8 Å². The van der Waals surface area contributed by atoms with Crippen LogP contribution in [0.15, 0.2) is 54.6 Å². The Labute approximate surface area is 216 Å². The minimum atomic E-state index is -0.836. The van der Waals surface area contributed by atoms with Crippen molar-refractivity contribution in [2.45, 2.75) is 96.2 Å². The lowest BCUT2D eigenvalue weighted by atomic mass is 9.78. The molecule has 7 heteroatoms. The Kier molecular flexibility index (Phi) is 7.06. The molecule has 2 saturated heterocycles. The van der Waals surface area contributed by atoms with Crippen LogP contribution in [0.4, 0.5) is 4.79 Å². The van der Waals surface area contributed by atoms with Crippen molar-refractivity contribution in [3.63, 3.8) is 0 Å². The number of rotatable bonds is 7. The van der Waals surface area contributed by atoms with Crippen LogP contribution in [0.5, 0.6) is 0 Å². The number of hydrogen-bond acceptors (Lipinski definition) is 5. The fourth-order valence-electron chi connectivity index (χ4n) is 4.88. The van der Waals surface area contributed by atoms with E-state index in [2.05, 4.69) is 0 Å². The van der Waals surface area contributed by atoms with Crippen LogP contribution in [0, 0.1) is 0 Å². The fraction of sp³-hybridized carbons (Fsp3) is 0.552. The Balaban J connectivity index is 1.48. The molecule has 2 aliphatic heterocycles. The first-order valence-corrected chi connectivity index (χ1v) is 13.0. The SMILES string of the molecule is C[C@@H](c1ccc(B2OC(C)(C)C(C)(C)O2)cc1)N1CC[C@](CCC(C)(C)O)(c2ccccc2)OC1=O. The molecule has 36 heavy (non-hydrogen) atoms. The van der Waals surface area contributed by atoms with Gasteiger partial charge in [0.1, 0.15) is 5.60 Å². The first kappa shape index (κ1) is 26.7. The molecule has 0 unspecified atom stereocenters. The lowest BCUT2D eigenvalue weighted by Gasteiger charge is -2.44. The Hall–Kier alpha value is -2.35. The normalized spacial score (nSPS) is 24.5. The number of amides is 1. The van der Waals surface area contributed by atoms with Gasteiger partial charge in [0, 0.05) is 13.0 Å². The van der Waals surface area contributed by atoms with Gasteiger partial charge in [0.2, 0.25) is 0 Å². The number of cyclic esters (lactones) is 1. The Bertz CT molecular complexity index is 1050. The van der Waals surface area contributed by atoms with E-state index in [9.17, 15) is 9.90 Å². The van der Waals surface area contributed by atoms with Crippen LogP contribution >= 0.6 is 0 Å². The maximum Gasteiger partial charge on any atom is 0.494 e. The number of carbonyl (C=O) groups is 1. The van der Waals surface area contributed by atoms with Gasteiger partial charge in [-0.2, -0.15) is 0 Å². The van der Waals surface area contributed by atoms with Crippen LogP contribution in [-0.2, 0) is 19.6 Å². The van der Waals surface area contributed by atoms with Crippen LogP contribution in [-0.4, -0.2) is 46.6 Å². The van der Waals surface area contributed by atoms with E-state index in [4.69, 9.17) is 14.0 Å². The predicted octanol–water partition coefficient (Wildman–Crippen LogP) is 5.34. The van der Waals surface area contributed by atoms with Gasteiger partial charge in [-0.25, -0.2) is 4.79 Å². The summed E-state index contributed by atoms with van der Waals surface area (Å²) in [6.45, 7) is 14.4. The Morgan fingerprint density at radius 3 is 2.11 bits per heavy atom. The zero-order valence-electron chi connectivity index (χ0n) is 22.7. The second kappa shape index (κ2) is 9.51. The smallest absolute Gasteiger partial charge is 0.438 e. The van der Waals surface area contributed by atoms with Crippen LogP contribution in [0.3, 0.4) is 0 Å². The summed E-state index contributed by atoms with van der Waals surface area (Å²) in [5.41, 5.74) is 0.598. The van der Waals surface area contributed by atoms with Crippen LogP contribution in [0.2, 0.25) is 0 Å². The molecule has 2 fully saturated rings. The average molecular weight is 493 g/mol. The molecule has 2 heterocycles. The van der Waals surface area contributed by atoms with E-state index < -0.39 is 29.5 Å². The maximum atomic E-state index is 13.3. The zero-order valence-corrected chi connectivity index (χ0v) is 22.7. The molecule has 0 aromatic heterocycles. The molecule has 0 bridgehead atoms. The monoisotopic (exact) mass is 493 g/mol. The molecule has 194 valence electrons. The molecule has 6 nitrogen and oxygen atoms in total. The van der Waals surface area contributed by atoms with Gasteiger partial charge < -0.3 is 24.1 Å². The van der Waals surface area contributed by atoms with Crippen LogP contribution in [0.1, 0.15) is 84.9 Å². The number of ether oxygens (including phenoxy) is 1. The maximum absolute atomic E-state index is 13.3. The fourth-order valence-corrected chi connectivity index (χ4v) is 4.88. The largest absolute Gasteiger partial charge is 0.494 e. The summed E-state index contributed by atoms with van der Waals surface area (Å²) < 4.78 is 18.5. The van der Waals surface area contributed by atoms with Gasteiger partial charge >= 0.3 is 13.2 Å². The van der Waals surface area contributed by atoms with Crippen LogP contribution < -0.4 is 5.46 Å². The molecule has 2 aliphatic rings. The number of aliphatic hydroxyl groups is 1. The van der Waals surface area contributed by atoms with Crippen molar-refractivity contribution in [3.8, 4) is 0 Å². The van der Waals surface area contributed by atoms with E-state index in [0.717, 1.165) is 16.6 Å². The summed E-state index contributed by atoms with van der Waals surface area (Å²) in [4.78, 5) is 15.1. The standard InChI is InChI=1S/C29H40BNO5/c1-21(22-13-15-24(16-14-22)30-35-27(4,5)28(6,7)36-30)31-20-19-29(34-25(31)32,18-17-26(2,3)33)23-11-9-8-10-12-23/h8-16,21,33H,17-20H2,1-7H3/t21-,29+/m0/s1. The molecule has 0 spiro atoms. The second-order valence-electron chi connectivity index (χ2n) is 11.9. The van der Waals surface area contributed by atoms with Crippen molar-refractivity contribution in [1.29, 1.82) is 0 Å². The Morgan fingerprint density at radius 1 is 1.00 bits per heavy atom. The molecule has 2 atom stereocenters. The summed E-state index contributed by atoms with van der Waals surface area (Å²) in [6.07, 6.45) is 1.43. The molecule has 0 aliphatic carbocycles. The van der Waals surface area contributed by atoms with E-state index >= 15 is 0 Å². The first-order chi connectivity index (χ1) is 16.7. The number of nitrogens with zero attached hydrogens (tertiary/aromatic N) is 1. The predicted molar refractivity (Wildman–Crippen MR) is 142 cm³/mol. The summed E-state index contributed by atoms with van der Waals surface area (Å²) >= 11 is 0. The summed E-state index contributed by atoms with van der Waals surface area (Å²) in [6, 6.07) is 17.8. The molecular formula is C29H40BNO5. The van der Waals surface area contributed by atoms with E-state index in [-0.39, 0.29) is 12.1 Å². The van der Waals surface area contributed by atoms with Gasteiger partial charge in [0.25, 0.3) is 0 Å².